The van der Waals surface area contributed by atoms with E-state index in [0.717, 1.165) is 24.3 Å². The average molecular weight is 332 g/mol. The summed E-state index contributed by atoms with van der Waals surface area (Å²) in [4.78, 5) is 4.39. The molecule has 0 saturated heterocycles. The number of rotatable bonds is 4. The fraction of sp³-hybridized carbons (Fsp3) is 0.273. The van der Waals surface area contributed by atoms with Crippen LogP contribution in [0.5, 0.6) is 0 Å². The van der Waals surface area contributed by atoms with Crippen molar-refractivity contribution in [3.63, 3.8) is 0 Å². The number of fused-ring (bicyclic) bond motifs is 5. The monoisotopic (exact) mass is 332 g/mol. The van der Waals surface area contributed by atoms with Gasteiger partial charge in [-0.1, -0.05) is 30.3 Å². The molecular weight excluding hydrogens is 308 g/mol. The second kappa shape index (κ2) is 6.17. The molecule has 25 heavy (non-hydrogen) atoms. The summed E-state index contributed by atoms with van der Waals surface area (Å²) in [5.74, 6) is 0. The Labute approximate surface area is 148 Å². The summed E-state index contributed by atoms with van der Waals surface area (Å²) in [6, 6.07) is 17.4. The molecule has 1 heterocycles. The van der Waals surface area contributed by atoms with Gasteiger partial charge in [0.2, 0.25) is 0 Å². The summed E-state index contributed by atoms with van der Waals surface area (Å²) in [7, 11) is 8.40. The molecule has 3 aromatic carbocycles. The summed E-state index contributed by atoms with van der Waals surface area (Å²) in [5.41, 5.74) is 4.56. The molecule has 0 spiro atoms. The molecule has 0 fully saturated rings. The van der Waals surface area contributed by atoms with Gasteiger partial charge in [0.25, 0.3) is 0 Å². The van der Waals surface area contributed by atoms with Crippen molar-refractivity contribution in [1.82, 2.24) is 9.80 Å². The summed E-state index contributed by atoms with van der Waals surface area (Å²) in [5, 5.41) is 5.03. The molecule has 0 aliphatic rings. The van der Waals surface area contributed by atoms with Crippen LogP contribution in [0.15, 0.2) is 52.9 Å². The van der Waals surface area contributed by atoms with E-state index in [1.807, 2.05) is 0 Å². The lowest BCUT2D eigenvalue weighted by atomic mass is 9.98. The van der Waals surface area contributed by atoms with Crippen LogP contribution in [0.25, 0.3) is 32.7 Å². The maximum atomic E-state index is 6.21. The lowest BCUT2D eigenvalue weighted by Crippen LogP contribution is -2.10. The van der Waals surface area contributed by atoms with Gasteiger partial charge in [0.1, 0.15) is 11.2 Å². The highest BCUT2D eigenvalue weighted by Crippen LogP contribution is 2.37. The molecule has 0 unspecified atom stereocenters. The van der Waals surface area contributed by atoms with E-state index in [-0.39, 0.29) is 0 Å². The summed E-state index contributed by atoms with van der Waals surface area (Å²) < 4.78 is 6.21. The first-order valence-corrected chi connectivity index (χ1v) is 8.68. The van der Waals surface area contributed by atoms with Crippen LogP contribution in [-0.2, 0) is 13.1 Å². The summed E-state index contributed by atoms with van der Waals surface area (Å²) >= 11 is 0. The van der Waals surface area contributed by atoms with E-state index in [1.165, 1.54) is 32.7 Å². The molecule has 0 atom stereocenters. The predicted molar refractivity (Wildman–Crippen MR) is 106 cm³/mol. The molecule has 0 saturated carbocycles. The summed E-state index contributed by atoms with van der Waals surface area (Å²) in [6.07, 6.45) is 0. The molecule has 0 bridgehead atoms. The van der Waals surface area contributed by atoms with Gasteiger partial charge in [-0.05, 0) is 68.3 Å². The summed E-state index contributed by atoms with van der Waals surface area (Å²) in [6.45, 7) is 1.83. The topological polar surface area (TPSA) is 19.6 Å². The van der Waals surface area contributed by atoms with Crippen molar-refractivity contribution in [1.29, 1.82) is 0 Å². The highest BCUT2D eigenvalue weighted by molar-refractivity contribution is 6.19. The van der Waals surface area contributed by atoms with E-state index >= 15 is 0 Å². The molecular formula is C22H24N2O. The lowest BCUT2D eigenvalue weighted by Gasteiger charge is -2.13. The fourth-order valence-electron chi connectivity index (χ4n) is 3.70. The quantitative estimate of drug-likeness (QED) is 0.532. The van der Waals surface area contributed by atoms with Gasteiger partial charge in [-0.15, -0.1) is 0 Å². The molecule has 0 aliphatic heterocycles. The number of furan rings is 1. The molecule has 3 nitrogen and oxygen atoms in total. The first kappa shape index (κ1) is 16.1. The fourth-order valence-corrected chi connectivity index (χ4v) is 3.70. The third kappa shape index (κ3) is 2.90. The molecule has 0 aliphatic carbocycles. The Kier molecular flexibility index (Phi) is 3.98. The Morgan fingerprint density at radius 1 is 0.720 bits per heavy atom. The minimum Gasteiger partial charge on any atom is -0.456 e. The second-order valence-electron chi connectivity index (χ2n) is 7.36. The third-order valence-corrected chi connectivity index (χ3v) is 4.61. The highest BCUT2D eigenvalue weighted by atomic mass is 16.3. The van der Waals surface area contributed by atoms with Gasteiger partial charge < -0.3 is 14.2 Å². The van der Waals surface area contributed by atoms with Crippen molar-refractivity contribution in [2.24, 2.45) is 0 Å². The Bertz CT molecular complexity index is 1060. The van der Waals surface area contributed by atoms with E-state index in [9.17, 15) is 0 Å². The van der Waals surface area contributed by atoms with Crippen LogP contribution < -0.4 is 0 Å². The zero-order valence-corrected chi connectivity index (χ0v) is 15.3. The van der Waals surface area contributed by atoms with Gasteiger partial charge in [-0.25, -0.2) is 0 Å². The van der Waals surface area contributed by atoms with Gasteiger partial charge in [-0.3, -0.25) is 0 Å². The Balaban J connectivity index is 2.04. The van der Waals surface area contributed by atoms with E-state index in [2.05, 4.69) is 86.5 Å². The Hall–Kier alpha value is -2.36. The van der Waals surface area contributed by atoms with Crippen LogP contribution in [0.2, 0.25) is 0 Å². The molecule has 4 rings (SSSR count). The zero-order chi connectivity index (χ0) is 17.6. The smallest absolute Gasteiger partial charge is 0.136 e. The van der Waals surface area contributed by atoms with Crippen molar-refractivity contribution in [2.75, 3.05) is 28.2 Å². The average Bonchev–Trinajstić information content (AvgIpc) is 2.91. The normalized spacial score (nSPS) is 12.2. The Morgan fingerprint density at radius 2 is 1.44 bits per heavy atom. The number of hydrogen-bond acceptors (Lipinski definition) is 3. The Morgan fingerprint density at radius 3 is 2.16 bits per heavy atom. The van der Waals surface area contributed by atoms with Gasteiger partial charge in [0.05, 0.1) is 0 Å². The minimum absolute atomic E-state index is 0.902. The van der Waals surface area contributed by atoms with Crippen LogP contribution in [0.3, 0.4) is 0 Å². The zero-order valence-electron chi connectivity index (χ0n) is 15.3. The van der Waals surface area contributed by atoms with E-state index in [1.54, 1.807) is 0 Å². The number of hydrogen-bond donors (Lipinski definition) is 0. The van der Waals surface area contributed by atoms with Crippen LogP contribution in [0.1, 0.15) is 11.1 Å². The van der Waals surface area contributed by atoms with Crippen molar-refractivity contribution in [3.8, 4) is 0 Å². The first-order chi connectivity index (χ1) is 12.0. The molecule has 4 aromatic rings. The minimum atomic E-state index is 0.902. The third-order valence-electron chi connectivity index (χ3n) is 4.61. The molecule has 128 valence electrons. The van der Waals surface area contributed by atoms with Crippen LogP contribution in [0.4, 0.5) is 0 Å². The molecule has 0 amide bonds. The van der Waals surface area contributed by atoms with Crippen molar-refractivity contribution in [2.45, 2.75) is 13.1 Å². The molecule has 0 N–H and O–H groups in total. The van der Waals surface area contributed by atoms with Gasteiger partial charge in [0.15, 0.2) is 0 Å². The van der Waals surface area contributed by atoms with Crippen LogP contribution in [0, 0.1) is 0 Å². The van der Waals surface area contributed by atoms with E-state index in [4.69, 9.17) is 4.42 Å². The first-order valence-electron chi connectivity index (χ1n) is 8.68. The molecule has 0 radical (unpaired) electrons. The van der Waals surface area contributed by atoms with Crippen molar-refractivity contribution >= 4 is 32.7 Å². The maximum absolute atomic E-state index is 6.21. The maximum Gasteiger partial charge on any atom is 0.136 e. The van der Waals surface area contributed by atoms with Gasteiger partial charge in [-0.2, -0.15) is 0 Å². The SMILES string of the molecule is CN(C)Cc1ccc2oc3cc(CN(C)C)c4ccccc4c3c2c1. The van der Waals surface area contributed by atoms with E-state index < -0.39 is 0 Å². The van der Waals surface area contributed by atoms with E-state index in [0.29, 0.717) is 0 Å². The van der Waals surface area contributed by atoms with Crippen molar-refractivity contribution < 1.29 is 4.42 Å². The van der Waals surface area contributed by atoms with Crippen LogP contribution in [-0.4, -0.2) is 38.0 Å². The van der Waals surface area contributed by atoms with Gasteiger partial charge >= 0.3 is 0 Å². The van der Waals surface area contributed by atoms with Crippen molar-refractivity contribution in [3.05, 3.63) is 59.7 Å². The largest absolute Gasteiger partial charge is 0.456 e. The lowest BCUT2D eigenvalue weighted by molar-refractivity contribution is 0.402. The standard InChI is InChI=1S/C22H24N2O/c1-23(2)13-15-9-10-20-19(11-15)22-18-8-6-5-7-17(18)16(14-24(3)4)12-21(22)25-20/h5-12H,13-14H2,1-4H3. The predicted octanol–water partition coefficient (Wildman–Crippen LogP) is 4.86. The number of benzene rings is 3. The molecule has 3 heteroatoms. The molecule has 1 aromatic heterocycles. The van der Waals surface area contributed by atoms with Gasteiger partial charge in [0, 0.05) is 23.9 Å². The second-order valence-corrected chi connectivity index (χ2v) is 7.36. The number of nitrogens with zero attached hydrogens (tertiary/aromatic N) is 2. The van der Waals surface area contributed by atoms with Crippen LogP contribution >= 0.6 is 0 Å². The highest BCUT2D eigenvalue weighted by Gasteiger charge is 2.14.